The molecule has 0 aliphatic rings. The maximum atomic E-state index is 8.79. The van der Waals surface area contributed by atoms with E-state index in [9.17, 15) is 0 Å². The van der Waals surface area contributed by atoms with E-state index in [4.69, 9.17) is 15.6 Å². The van der Waals surface area contributed by atoms with Crippen LogP contribution in [-0.2, 0) is 0 Å². The van der Waals surface area contributed by atoms with E-state index >= 15 is 0 Å². The molecule has 1 atom stereocenters. The van der Waals surface area contributed by atoms with Gasteiger partial charge in [0.25, 0.3) is 0 Å². The van der Waals surface area contributed by atoms with Crippen molar-refractivity contribution in [2.24, 2.45) is 5.73 Å². The average Bonchev–Trinajstić information content (AvgIpc) is 2.19. The van der Waals surface area contributed by atoms with Crippen LogP contribution in [0.15, 0.2) is 22.7 Å². The smallest absolute Gasteiger partial charge is 0.119 e. The van der Waals surface area contributed by atoms with Crippen LogP contribution in [-0.4, -0.2) is 18.8 Å². The first-order valence-electron chi connectivity index (χ1n) is 4.39. The molecule has 0 amide bonds. The van der Waals surface area contributed by atoms with Crippen molar-refractivity contribution in [2.45, 2.75) is 12.5 Å². The van der Waals surface area contributed by atoms with Gasteiger partial charge in [-0.3, -0.25) is 0 Å². The SMILES string of the molecule is COc1ccc(Br)c([C@@H](N)CCO)c1.Cl. The lowest BCUT2D eigenvalue weighted by Gasteiger charge is -2.13. The minimum Gasteiger partial charge on any atom is -0.497 e. The van der Waals surface area contributed by atoms with Crippen molar-refractivity contribution >= 4 is 28.3 Å². The second-order valence-corrected chi connectivity index (χ2v) is 3.86. The molecule has 1 aromatic rings. The third-order valence-corrected chi connectivity index (χ3v) is 2.76. The van der Waals surface area contributed by atoms with Crippen molar-refractivity contribution in [3.05, 3.63) is 28.2 Å². The fourth-order valence-electron chi connectivity index (χ4n) is 1.23. The Morgan fingerprint density at radius 2 is 2.20 bits per heavy atom. The van der Waals surface area contributed by atoms with Crippen LogP contribution in [0.2, 0.25) is 0 Å². The zero-order chi connectivity index (χ0) is 10.6. The van der Waals surface area contributed by atoms with Crippen LogP contribution >= 0.6 is 28.3 Å². The second-order valence-electron chi connectivity index (χ2n) is 3.01. The number of rotatable bonds is 4. The van der Waals surface area contributed by atoms with Crippen LogP contribution in [0.4, 0.5) is 0 Å². The number of nitrogens with two attached hydrogens (primary N) is 1. The first-order valence-corrected chi connectivity index (χ1v) is 5.18. The van der Waals surface area contributed by atoms with E-state index in [1.54, 1.807) is 7.11 Å². The highest BCUT2D eigenvalue weighted by molar-refractivity contribution is 9.10. The van der Waals surface area contributed by atoms with Gasteiger partial charge in [0.05, 0.1) is 7.11 Å². The van der Waals surface area contributed by atoms with E-state index < -0.39 is 0 Å². The Morgan fingerprint density at radius 1 is 1.53 bits per heavy atom. The van der Waals surface area contributed by atoms with Crippen LogP contribution in [0.25, 0.3) is 0 Å². The number of benzene rings is 1. The Morgan fingerprint density at radius 3 is 2.73 bits per heavy atom. The summed E-state index contributed by atoms with van der Waals surface area (Å²) in [6.45, 7) is 0.0881. The number of ether oxygens (including phenoxy) is 1. The van der Waals surface area contributed by atoms with E-state index in [0.29, 0.717) is 6.42 Å². The Balaban J connectivity index is 0.00000196. The first kappa shape index (κ1) is 14.7. The lowest BCUT2D eigenvalue weighted by atomic mass is 10.1. The van der Waals surface area contributed by atoms with Gasteiger partial charge < -0.3 is 15.6 Å². The quantitative estimate of drug-likeness (QED) is 0.896. The number of aliphatic hydroxyl groups excluding tert-OH is 1. The normalized spacial score (nSPS) is 11.7. The molecule has 1 rings (SSSR count). The van der Waals surface area contributed by atoms with Gasteiger partial charge in [-0.25, -0.2) is 0 Å². The van der Waals surface area contributed by atoms with Crippen LogP contribution in [0.3, 0.4) is 0 Å². The summed E-state index contributed by atoms with van der Waals surface area (Å²) < 4.78 is 6.04. The molecule has 0 radical (unpaired) electrons. The number of halogens is 2. The van der Waals surface area contributed by atoms with Gasteiger partial charge >= 0.3 is 0 Å². The number of hydrogen-bond acceptors (Lipinski definition) is 3. The Kier molecular flexibility index (Phi) is 6.92. The van der Waals surface area contributed by atoms with E-state index in [1.807, 2.05) is 18.2 Å². The summed E-state index contributed by atoms with van der Waals surface area (Å²) >= 11 is 3.41. The molecule has 15 heavy (non-hydrogen) atoms. The summed E-state index contributed by atoms with van der Waals surface area (Å²) in [7, 11) is 1.62. The maximum Gasteiger partial charge on any atom is 0.119 e. The zero-order valence-corrected chi connectivity index (χ0v) is 10.8. The molecule has 0 aliphatic heterocycles. The minimum atomic E-state index is -0.163. The molecule has 0 fully saturated rings. The molecule has 0 saturated heterocycles. The van der Waals surface area contributed by atoms with Crippen molar-refractivity contribution in [2.75, 3.05) is 13.7 Å². The van der Waals surface area contributed by atoms with Crippen molar-refractivity contribution in [3.63, 3.8) is 0 Å². The minimum absolute atomic E-state index is 0. The van der Waals surface area contributed by atoms with Crippen molar-refractivity contribution in [1.82, 2.24) is 0 Å². The summed E-state index contributed by atoms with van der Waals surface area (Å²) in [5.74, 6) is 0.775. The molecule has 86 valence electrons. The molecule has 3 N–H and O–H groups in total. The maximum absolute atomic E-state index is 8.79. The van der Waals surface area contributed by atoms with Gasteiger partial charge in [-0.15, -0.1) is 12.4 Å². The van der Waals surface area contributed by atoms with Crippen LogP contribution in [0.1, 0.15) is 18.0 Å². The molecule has 0 spiro atoms. The highest BCUT2D eigenvalue weighted by atomic mass is 79.9. The third kappa shape index (κ3) is 3.99. The molecule has 0 unspecified atom stereocenters. The molecule has 0 aliphatic carbocycles. The highest BCUT2D eigenvalue weighted by Gasteiger charge is 2.10. The van der Waals surface area contributed by atoms with E-state index in [2.05, 4.69) is 15.9 Å². The topological polar surface area (TPSA) is 55.5 Å². The highest BCUT2D eigenvalue weighted by Crippen LogP contribution is 2.27. The lowest BCUT2D eigenvalue weighted by Crippen LogP contribution is -2.12. The van der Waals surface area contributed by atoms with Crippen molar-refractivity contribution in [1.29, 1.82) is 0 Å². The van der Waals surface area contributed by atoms with Gasteiger partial charge in [0.15, 0.2) is 0 Å². The molecular weight excluding hydrogens is 281 g/mol. The second kappa shape index (κ2) is 7.06. The molecule has 0 bridgehead atoms. The summed E-state index contributed by atoms with van der Waals surface area (Å²) in [4.78, 5) is 0. The van der Waals surface area contributed by atoms with E-state index in [0.717, 1.165) is 15.8 Å². The fourth-order valence-corrected chi connectivity index (χ4v) is 1.77. The molecular formula is C10H15BrClNO2. The Bertz CT molecular complexity index is 309. The van der Waals surface area contributed by atoms with E-state index in [-0.39, 0.29) is 25.1 Å². The molecule has 0 heterocycles. The van der Waals surface area contributed by atoms with Gasteiger partial charge in [0.2, 0.25) is 0 Å². The molecule has 3 nitrogen and oxygen atoms in total. The largest absolute Gasteiger partial charge is 0.497 e. The molecule has 1 aromatic carbocycles. The van der Waals surface area contributed by atoms with E-state index in [1.165, 1.54) is 0 Å². The van der Waals surface area contributed by atoms with Crippen LogP contribution in [0, 0.1) is 0 Å². The van der Waals surface area contributed by atoms with Gasteiger partial charge in [-0.1, -0.05) is 15.9 Å². The summed E-state index contributed by atoms with van der Waals surface area (Å²) in [5.41, 5.74) is 6.84. The van der Waals surface area contributed by atoms with Crippen LogP contribution in [0.5, 0.6) is 5.75 Å². The Labute approximate surface area is 104 Å². The Hall–Kier alpha value is -0.290. The van der Waals surface area contributed by atoms with Crippen molar-refractivity contribution < 1.29 is 9.84 Å². The molecule has 0 saturated carbocycles. The average molecular weight is 297 g/mol. The predicted molar refractivity (Wildman–Crippen MR) is 66.6 cm³/mol. The molecule has 0 aromatic heterocycles. The fraction of sp³-hybridized carbons (Fsp3) is 0.400. The molecule has 5 heteroatoms. The number of methoxy groups -OCH3 is 1. The summed E-state index contributed by atoms with van der Waals surface area (Å²) in [5, 5.41) is 8.79. The van der Waals surface area contributed by atoms with Crippen molar-refractivity contribution in [3.8, 4) is 5.75 Å². The zero-order valence-electron chi connectivity index (χ0n) is 8.44. The van der Waals surface area contributed by atoms with Gasteiger partial charge in [-0.2, -0.15) is 0 Å². The summed E-state index contributed by atoms with van der Waals surface area (Å²) in [6, 6.07) is 5.47. The van der Waals surface area contributed by atoms with Gasteiger partial charge in [0, 0.05) is 17.1 Å². The third-order valence-electron chi connectivity index (χ3n) is 2.04. The van der Waals surface area contributed by atoms with Gasteiger partial charge in [-0.05, 0) is 30.2 Å². The number of hydrogen-bond donors (Lipinski definition) is 2. The standard InChI is InChI=1S/C10H14BrNO2.ClH/c1-14-7-2-3-9(11)8(6-7)10(12)4-5-13;/h2-3,6,10,13H,4-5,12H2,1H3;1H/t10-;/m0./s1. The first-order chi connectivity index (χ1) is 6.69. The number of aliphatic hydroxyl groups is 1. The monoisotopic (exact) mass is 295 g/mol. The predicted octanol–water partition coefficient (Wildman–Crippen LogP) is 2.26. The van der Waals surface area contributed by atoms with Crippen LogP contribution < -0.4 is 10.5 Å². The summed E-state index contributed by atoms with van der Waals surface area (Å²) in [6.07, 6.45) is 0.547. The lowest BCUT2D eigenvalue weighted by molar-refractivity contribution is 0.276. The van der Waals surface area contributed by atoms with Gasteiger partial charge in [0.1, 0.15) is 5.75 Å².